The highest BCUT2D eigenvalue weighted by Gasteiger charge is 2.42. The predicted octanol–water partition coefficient (Wildman–Crippen LogP) is 5.71. The highest BCUT2D eigenvalue weighted by atomic mass is 14.8. The van der Waals surface area contributed by atoms with Gasteiger partial charge in [0.05, 0.1) is 0 Å². The lowest BCUT2D eigenvalue weighted by molar-refractivity contribution is 0.724. The van der Waals surface area contributed by atoms with E-state index in [9.17, 15) is 0 Å². The predicted molar refractivity (Wildman–Crippen MR) is 91.0 cm³/mol. The molecule has 0 amide bonds. The van der Waals surface area contributed by atoms with E-state index in [1.165, 1.54) is 41.8 Å². The SMILES string of the molecule is c1ccc(-c2[nH]c(-c3ccccc3)c3c2C2CCC3C2)cc1. The van der Waals surface area contributed by atoms with Crippen LogP contribution >= 0.6 is 0 Å². The Morgan fingerprint density at radius 2 is 1.09 bits per heavy atom. The quantitative estimate of drug-likeness (QED) is 0.620. The molecule has 1 aromatic heterocycles. The molecule has 0 aliphatic heterocycles. The molecule has 2 aliphatic carbocycles. The third-order valence-electron chi connectivity index (χ3n) is 5.45. The minimum Gasteiger partial charge on any atom is -0.354 e. The molecule has 1 nitrogen and oxygen atoms in total. The van der Waals surface area contributed by atoms with Gasteiger partial charge in [0.2, 0.25) is 0 Å². The van der Waals surface area contributed by atoms with Crippen molar-refractivity contribution in [3.63, 3.8) is 0 Å². The Balaban J connectivity index is 1.77. The number of hydrogen-bond acceptors (Lipinski definition) is 0. The third-order valence-corrected chi connectivity index (χ3v) is 5.45. The number of hydrogen-bond donors (Lipinski definition) is 1. The highest BCUT2D eigenvalue weighted by Crippen LogP contribution is 2.58. The van der Waals surface area contributed by atoms with Crippen LogP contribution in [0.1, 0.15) is 42.2 Å². The largest absolute Gasteiger partial charge is 0.354 e. The van der Waals surface area contributed by atoms with Crippen molar-refractivity contribution in [1.82, 2.24) is 4.98 Å². The maximum Gasteiger partial charge on any atom is 0.0497 e. The standard InChI is InChI=1S/C21H19N/c1-3-7-14(8-4-1)20-18-16-11-12-17(13-16)19(18)21(22-20)15-9-5-2-6-10-15/h1-10,16-17,22H,11-13H2. The Bertz CT molecular complexity index is 746. The minimum absolute atomic E-state index is 0.768. The van der Waals surface area contributed by atoms with E-state index in [2.05, 4.69) is 65.6 Å². The van der Waals surface area contributed by atoms with Crippen LogP contribution in [0.25, 0.3) is 22.5 Å². The van der Waals surface area contributed by atoms with Crippen molar-refractivity contribution in [2.75, 3.05) is 0 Å². The van der Waals surface area contributed by atoms with Gasteiger partial charge in [-0.2, -0.15) is 0 Å². The second-order valence-electron chi connectivity index (χ2n) is 6.64. The van der Waals surface area contributed by atoms with Gasteiger partial charge in [0.25, 0.3) is 0 Å². The van der Waals surface area contributed by atoms with Crippen molar-refractivity contribution in [2.24, 2.45) is 0 Å². The number of benzene rings is 2. The van der Waals surface area contributed by atoms with Crippen molar-refractivity contribution in [1.29, 1.82) is 0 Å². The van der Waals surface area contributed by atoms with E-state index in [1.807, 2.05) is 0 Å². The maximum atomic E-state index is 3.79. The lowest BCUT2D eigenvalue weighted by atomic mass is 9.89. The molecule has 2 atom stereocenters. The number of fused-ring (bicyclic) bond motifs is 5. The molecular weight excluding hydrogens is 266 g/mol. The van der Waals surface area contributed by atoms with Crippen molar-refractivity contribution < 1.29 is 0 Å². The molecule has 108 valence electrons. The molecule has 0 radical (unpaired) electrons. The fourth-order valence-electron chi connectivity index (χ4n) is 4.55. The van der Waals surface area contributed by atoms with Crippen LogP contribution in [-0.4, -0.2) is 4.98 Å². The van der Waals surface area contributed by atoms with Gasteiger partial charge in [0.1, 0.15) is 0 Å². The number of H-pyrrole nitrogens is 1. The van der Waals surface area contributed by atoms with Gasteiger partial charge < -0.3 is 4.98 Å². The summed E-state index contributed by atoms with van der Waals surface area (Å²) in [6.45, 7) is 0. The number of rotatable bonds is 2. The zero-order valence-electron chi connectivity index (χ0n) is 12.5. The summed E-state index contributed by atoms with van der Waals surface area (Å²) >= 11 is 0. The molecule has 2 bridgehead atoms. The molecule has 1 fully saturated rings. The zero-order valence-corrected chi connectivity index (χ0v) is 12.5. The van der Waals surface area contributed by atoms with E-state index >= 15 is 0 Å². The topological polar surface area (TPSA) is 15.8 Å². The van der Waals surface area contributed by atoms with Crippen LogP contribution in [0.2, 0.25) is 0 Å². The number of aromatic amines is 1. The Hall–Kier alpha value is -2.28. The smallest absolute Gasteiger partial charge is 0.0497 e. The molecular formula is C21H19N. The molecule has 0 saturated heterocycles. The van der Waals surface area contributed by atoms with Crippen molar-refractivity contribution in [2.45, 2.75) is 31.1 Å². The van der Waals surface area contributed by atoms with Gasteiger partial charge in [-0.25, -0.2) is 0 Å². The van der Waals surface area contributed by atoms with Crippen LogP contribution in [0.5, 0.6) is 0 Å². The lowest BCUT2D eigenvalue weighted by Gasteiger charge is -2.13. The van der Waals surface area contributed by atoms with Gasteiger partial charge in [0, 0.05) is 11.4 Å². The van der Waals surface area contributed by atoms with Gasteiger partial charge in [0.15, 0.2) is 0 Å². The summed E-state index contributed by atoms with van der Waals surface area (Å²) in [7, 11) is 0. The number of aromatic nitrogens is 1. The molecule has 1 saturated carbocycles. The highest BCUT2D eigenvalue weighted by molar-refractivity contribution is 5.78. The fourth-order valence-corrected chi connectivity index (χ4v) is 4.55. The molecule has 1 heterocycles. The summed E-state index contributed by atoms with van der Waals surface area (Å²) < 4.78 is 0. The first-order chi connectivity index (χ1) is 10.9. The summed E-state index contributed by atoms with van der Waals surface area (Å²) in [5.74, 6) is 1.54. The summed E-state index contributed by atoms with van der Waals surface area (Å²) in [5, 5.41) is 0. The first kappa shape index (κ1) is 12.3. The van der Waals surface area contributed by atoms with Crippen LogP contribution < -0.4 is 0 Å². The lowest BCUT2D eigenvalue weighted by Crippen LogP contribution is -1.96. The molecule has 0 spiro atoms. The normalized spacial score (nSPS) is 22.0. The van der Waals surface area contributed by atoms with Crippen LogP contribution in [0.15, 0.2) is 60.7 Å². The van der Waals surface area contributed by atoms with Crippen LogP contribution in [0.3, 0.4) is 0 Å². The molecule has 5 rings (SSSR count). The first-order valence-electron chi connectivity index (χ1n) is 8.28. The third kappa shape index (κ3) is 1.65. The second-order valence-corrected chi connectivity index (χ2v) is 6.64. The van der Waals surface area contributed by atoms with Crippen LogP contribution in [0.4, 0.5) is 0 Å². The minimum atomic E-state index is 0.768. The molecule has 2 unspecified atom stereocenters. The van der Waals surface area contributed by atoms with Gasteiger partial charge in [-0.1, -0.05) is 60.7 Å². The Morgan fingerprint density at radius 3 is 1.55 bits per heavy atom. The van der Waals surface area contributed by atoms with Crippen molar-refractivity contribution in [3.05, 3.63) is 71.8 Å². The first-order valence-corrected chi connectivity index (χ1v) is 8.28. The maximum absolute atomic E-state index is 3.79. The van der Waals surface area contributed by atoms with Gasteiger partial charge >= 0.3 is 0 Å². The van der Waals surface area contributed by atoms with Crippen molar-refractivity contribution in [3.8, 4) is 22.5 Å². The fraction of sp³-hybridized carbons (Fsp3) is 0.238. The van der Waals surface area contributed by atoms with E-state index in [0.717, 1.165) is 11.8 Å². The van der Waals surface area contributed by atoms with Gasteiger partial charge in [-0.05, 0) is 53.4 Å². The van der Waals surface area contributed by atoms with E-state index in [4.69, 9.17) is 0 Å². The average Bonchev–Trinajstić information content (AvgIpc) is 3.29. The molecule has 2 aliphatic rings. The van der Waals surface area contributed by atoms with Crippen LogP contribution in [-0.2, 0) is 0 Å². The van der Waals surface area contributed by atoms with E-state index in [-0.39, 0.29) is 0 Å². The van der Waals surface area contributed by atoms with E-state index < -0.39 is 0 Å². The monoisotopic (exact) mass is 285 g/mol. The summed E-state index contributed by atoms with van der Waals surface area (Å²) in [6, 6.07) is 21.7. The summed E-state index contributed by atoms with van der Waals surface area (Å²) in [4.78, 5) is 3.79. The van der Waals surface area contributed by atoms with Crippen LogP contribution in [0, 0.1) is 0 Å². The number of nitrogens with one attached hydrogen (secondary N) is 1. The average molecular weight is 285 g/mol. The zero-order chi connectivity index (χ0) is 14.5. The molecule has 3 aromatic rings. The van der Waals surface area contributed by atoms with Gasteiger partial charge in [-0.15, -0.1) is 0 Å². The van der Waals surface area contributed by atoms with E-state index in [1.54, 1.807) is 11.1 Å². The summed E-state index contributed by atoms with van der Waals surface area (Å²) in [5.41, 5.74) is 8.60. The molecule has 22 heavy (non-hydrogen) atoms. The van der Waals surface area contributed by atoms with E-state index in [0.29, 0.717) is 0 Å². The molecule has 1 heteroatoms. The van der Waals surface area contributed by atoms with Gasteiger partial charge in [-0.3, -0.25) is 0 Å². The Labute approximate surface area is 131 Å². The summed E-state index contributed by atoms with van der Waals surface area (Å²) in [6.07, 6.45) is 4.09. The Kier molecular flexibility index (Phi) is 2.57. The molecule has 2 aromatic carbocycles. The molecule has 1 N–H and O–H groups in total. The second kappa shape index (κ2) is 4.61. The Morgan fingerprint density at radius 1 is 0.636 bits per heavy atom. The van der Waals surface area contributed by atoms with Crippen molar-refractivity contribution >= 4 is 0 Å².